The van der Waals surface area contributed by atoms with Crippen molar-refractivity contribution in [1.82, 2.24) is 15.1 Å². The van der Waals surface area contributed by atoms with Gasteiger partial charge >= 0.3 is 12.1 Å². The third-order valence-corrected chi connectivity index (χ3v) is 7.30. The molecule has 0 spiro atoms. The van der Waals surface area contributed by atoms with Gasteiger partial charge in [0.1, 0.15) is 5.60 Å². The summed E-state index contributed by atoms with van der Waals surface area (Å²) in [5.41, 5.74) is 8.31. The number of urea groups is 1. The number of hydrogen-bond acceptors (Lipinski definition) is 5. The van der Waals surface area contributed by atoms with Crippen molar-refractivity contribution in [2.24, 2.45) is 0 Å². The van der Waals surface area contributed by atoms with Crippen LogP contribution in [0, 0.1) is 0 Å². The highest BCUT2D eigenvalue weighted by Gasteiger charge is 2.44. The van der Waals surface area contributed by atoms with E-state index < -0.39 is 5.60 Å². The van der Waals surface area contributed by atoms with Crippen molar-refractivity contribution < 1.29 is 14.3 Å². The van der Waals surface area contributed by atoms with Crippen LogP contribution in [-0.4, -0.2) is 65.8 Å². The molecular formula is C29H41N5O3. The Balaban J connectivity index is 1.38. The second-order valence-corrected chi connectivity index (χ2v) is 11.1. The van der Waals surface area contributed by atoms with Gasteiger partial charge in [-0.1, -0.05) is 42.5 Å². The first-order chi connectivity index (χ1) is 17.6. The monoisotopic (exact) mass is 507 g/mol. The molecule has 0 radical (unpaired) electrons. The zero-order chi connectivity index (χ0) is 26.6. The van der Waals surface area contributed by atoms with E-state index in [0.717, 1.165) is 43.6 Å². The van der Waals surface area contributed by atoms with E-state index >= 15 is 0 Å². The summed E-state index contributed by atoms with van der Waals surface area (Å²) < 4.78 is 5.33. The fourth-order valence-corrected chi connectivity index (χ4v) is 5.38. The molecule has 2 aliphatic heterocycles. The summed E-state index contributed by atoms with van der Waals surface area (Å²) in [6, 6.07) is 18.4. The van der Waals surface area contributed by atoms with E-state index in [4.69, 9.17) is 10.5 Å². The molecule has 2 aromatic carbocycles. The number of rotatable bonds is 7. The van der Waals surface area contributed by atoms with E-state index in [9.17, 15) is 9.59 Å². The number of ether oxygens (including phenoxy) is 1. The van der Waals surface area contributed by atoms with Crippen LogP contribution in [0.3, 0.4) is 0 Å². The lowest BCUT2D eigenvalue weighted by Gasteiger charge is -2.41. The van der Waals surface area contributed by atoms with Gasteiger partial charge in [0.25, 0.3) is 0 Å². The van der Waals surface area contributed by atoms with E-state index in [0.29, 0.717) is 24.8 Å². The average Bonchev–Trinajstić information content (AvgIpc) is 3.20. The topological polar surface area (TPSA) is 91.1 Å². The molecule has 37 heavy (non-hydrogen) atoms. The SMILES string of the molecule is CC(CCNC(=O)OC(C)(C)C)N1CCC(N2C(=O)N(c3ccccc3N)CC2c2ccccc2)CC1. The minimum Gasteiger partial charge on any atom is -0.444 e. The maximum absolute atomic E-state index is 13.8. The van der Waals surface area contributed by atoms with Crippen LogP contribution in [0.4, 0.5) is 21.0 Å². The number of nitrogens with zero attached hydrogens (tertiary/aromatic N) is 3. The summed E-state index contributed by atoms with van der Waals surface area (Å²) in [7, 11) is 0. The van der Waals surface area contributed by atoms with Crippen LogP contribution >= 0.6 is 0 Å². The number of carbonyl (C=O) groups is 2. The number of piperidine rings is 1. The minimum atomic E-state index is -0.496. The Morgan fingerprint density at radius 3 is 2.38 bits per heavy atom. The van der Waals surface area contributed by atoms with Gasteiger partial charge in [0.15, 0.2) is 0 Å². The second kappa shape index (κ2) is 11.4. The summed E-state index contributed by atoms with van der Waals surface area (Å²) >= 11 is 0. The van der Waals surface area contributed by atoms with Crippen molar-refractivity contribution in [1.29, 1.82) is 0 Å². The highest BCUT2D eigenvalue weighted by Crippen LogP contribution is 2.38. The van der Waals surface area contributed by atoms with Crippen molar-refractivity contribution in [2.75, 3.05) is 36.8 Å². The number of alkyl carbamates (subject to hydrolysis) is 1. The molecule has 0 aromatic heterocycles. The number of amides is 3. The second-order valence-electron chi connectivity index (χ2n) is 11.1. The summed E-state index contributed by atoms with van der Waals surface area (Å²) in [6.07, 6.45) is 2.30. The summed E-state index contributed by atoms with van der Waals surface area (Å²) in [5.74, 6) is 0. The third-order valence-electron chi connectivity index (χ3n) is 7.30. The molecule has 2 fully saturated rings. The molecule has 0 saturated carbocycles. The molecule has 3 N–H and O–H groups in total. The van der Waals surface area contributed by atoms with Gasteiger partial charge < -0.3 is 25.6 Å². The molecule has 8 heteroatoms. The zero-order valence-electron chi connectivity index (χ0n) is 22.5. The first kappa shape index (κ1) is 26.8. The summed E-state index contributed by atoms with van der Waals surface area (Å²) in [5, 5.41) is 2.86. The normalized spacial score (nSPS) is 20.2. The van der Waals surface area contributed by atoms with Crippen molar-refractivity contribution >= 4 is 23.5 Å². The van der Waals surface area contributed by atoms with E-state index in [2.05, 4.69) is 34.2 Å². The first-order valence-corrected chi connectivity index (χ1v) is 13.3. The van der Waals surface area contributed by atoms with E-state index in [-0.39, 0.29) is 24.2 Å². The van der Waals surface area contributed by atoms with Crippen LogP contribution in [0.1, 0.15) is 58.6 Å². The predicted octanol–water partition coefficient (Wildman–Crippen LogP) is 5.02. The van der Waals surface area contributed by atoms with Gasteiger partial charge in [0.05, 0.1) is 24.0 Å². The molecule has 2 unspecified atom stereocenters. The molecule has 8 nitrogen and oxygen atoms in total. The largest absolute Gasteiger partial charge is 0.444 e. The van der Waals surface area contributed by atoms with Crippen LogP contribution in [0.5, 0.6) is 0 Å². The fraction of sp³-hybridized carbons (Fsp3) is 0.517. The van der Waals surface area contributed by atoms with Crippen LogP contribution in [0.25, 0.3) is 0 Å². The predicted molar refractivity (Wildman–Crippen MR) is 148 cm³/mol. The molecule has 3 amide bonds. The van der Waals surface area contributed by atoms with Gasteiger partial charge in [-0.05, 0) is 64.7 Å². The Morgan fingerprint density at radius 1 is 1.08 bits per heavy atom. The highest BCUT2D eigenvalue weighted by molar-refractivity contribution is 5.97. The molecule has 2 atom stereocenters. The molecule has 0 bridgehead atoms. The third kappa shape index (κ3) is 6.55. The van der Waals surface area contributed by atoms with Crippen LogP contribution < -0.4 is 16.0 Å². The van der Waals surface area contributed by atoms with Crippen molar-refractivity contribution in [3.8, 4) is 0 Å². The number of nitrogens with one attached hydrogen (secondary N) is 1. The van der Waals surface area contributed by atoms with Crippen molar-refractivity contribution in [3.63, 3.8) is 0 Å². The number of nitrogen functional groups attached to an aromatic ring is 1. The van der Waals surface area contributed by atoms with Gasteiger partial charge in [-0.25, -0.2) is 9.59 Å². The molecule has 2 aliphatic rings. The van der Waals surface area contributed by atoms with Crippen molar-refractivity contribution in [3.05, 3.63) is 60.2 Å². The van der Waals surface area contributed by atoms with Gasteiger partial charge in [0, 0.05) is 31.7 Å². The molecule has 200 valence electrons. The van der Waals surface area contributed by atoms with Gasteiger partial charge in [0.2, 0.25) is 0 Å². The smallest absolute Gasteiger partial charge is 0.407 e. The molecule has 4 rings (SSSR count). The maximum atomic E-state index is 13.8. The molecule has 2 saturated heterocycles. The molecule has 0 aliphatic carbocycles. The number of nitrogens with two attached hydrogens (primary N) is 1. The Morgan fingerprint density at radius 2 is 1.73 bits per heavy atom. The maximum Gasteiger partial charge on any atom is 0.407 e. The van der Waals surface area contributed by atoms with Gasteiger partial charge in [-0.15, -0.1) is 0 Å². The van der Waals surface area contributed by atoms with Crippen LogP contribution in [0.2, 0.25) is 0 Å². The number of benzene rings is 2. The molecule has 2 aromatic rings. The van der Waals surface area contributed by atoms with Crippen LogP contribution in [-0.2, 0) is 4.74 Å². The van der Waals surface area contributed by atoms with Gasteiger partial charge in [-0.2, -0.15) is 0 Å². The first-order valence-electron chi connectivity index (χ1n) is 13.3. The Kier molecular flexibility index (Phi) is 8.27. The Labute approximate surface area is 220 Å². The molecule has 2 heterocycles. The Hall–Kier alpha value is -3.26. The number of likely N-dealkylation sites (tertiary alicyclic amines) is 1. The lowest BCUT2D eigenvalue weighted by Crippen LogP contribution is -2.49. The zero-order valence-corrected chi connectivity index (χ0v) is 22.5. The summed E-state index contributed by atoms with van der Waals surface area (Å²) in [6.45, 7) is 10.8. The highest BCUT2D eigenvalue weighted by atomic mass is 16.6. The fourth-order valence-electron chi connectivity index (χ4n) is 5.38. The Bertz CT molecular complexity index is 1060. The standard InChI is InChI=1S/C29H41N5O3/c1-21(14-17-31-27(35)37-29(2,3)4)32-18-15-23(16-19-32)34-26(22-10-6-5-7-11-22)20-33(28(34)36)25-13-9-8-12-24(25)30/h5-13,21,23,26H,14-20,30H2,1-4H3,(H,31,35). The summed E-state index contributed by atoms with van der Waals surface area (Å²) in [4.78, 5) is 32.1. The molecular weight excluding hydrogens is 466 g/mol. The van der Waals surface area contributed by atoms with Crippen molar-refractivity contribution in [2.45, 2.75) is 70.7 Å². The lowest BCUT2D eigenvalue weighted by atomic mass is 9.98. The van der Waals surface area contributed by atoms with Gasteiger partial charge in [-0.3, -0.25) is 4.90 Å². The lowest BCUT2D eigenvalue weighted by molar-refractivity contribution is 0.0518. The number of hydrogen-bond donors (Lipinski definition) is 2. The van der Waals surface area contributed by atoms with E-state index in [1.54, 1.807) is 0 Å². The van der Waals surface area contributed by atoms with E-state index in [1.165, 1.54) is 0 Å². The number of carbonyl (C=O) groups excluding carboxylic acids is 2. The average molecular weight is 508 g/mol. The van der Waals surface area contributed by atoms with Crippen LogP contribution in [0.15, 0.2) is 54.6 Å². The number of para-hydroxylation sites is 2. The minimum absolute atomic E-state index is 0.0136. The van der Waals surface area contributed by atoms with E-state index in [1.807, 2.05) is 68.1 Å². The number of anilines is 2. The quantitative estimate of drug-likeness (QED) is 0.514.